The highest BCUT2D eigenvalue weighted by atomic mass is 16.5. The summed E-state index contributed by atoms with van der Waals surface area (Å²) in [6, 6.07) is 7.57. The lowest BCUT2D eigenvalue weighted by Crippen LogP contribution is -1.97. The van der Waals surface area contributed by atoms with Crippen LogP contribution in [0.25, 0.3) is 11.0 Å². The molecule has 0 fully saturated rings. The second-order valence-corrected chi connectivity index (χ2v) is 6.87. The van der Waals surface area contributed by atoms with E-state index < -0.39 is 0 Å². The van der Waals surface area contributed by atoms with E-state index in [9.17, 15) is 4.79 Å². The van der Waals surface area contributed by atoms with Gasteiger partial charge in [0.1, 0.15) is 0 Å². The van der Waals surface area contributed by atoms with E-state index in [0.717, 1.165) is 17.6 Å². The van der Waals surface area contributed by atoms with Crippen LogP contribution in [0.1, 0.15) is 88.6 Å². The number of hydrogen-bond donors (Lipinski definition) is 0. The van der Waals surface area contributed by atoms with Gasteiger partial charge in [-0.2, -0.15) is 0 Å². The molecule has 0 bridgehead atoms. The number of hydrogen-bond acceptors (Lipinski definition) is 3. The largest absolute Gasteiger partial charge is 0.490 e. The van der Waals surface area contributed by atoms with E-state index in [-0.39, 0.29) is 5.78 Å². The summed E-state index contributed by atoms with van der Waals surface area (Å²) in [5.74, 6) is 1.07. The summed E-state index contributed by atoms with van der Waals surface area (Å²) in [4.78, 5) is 11.5. The molecule has 0 amide bonds. The average molecular weight is 344 g/mol. The van der Waals surface area contributed by atoms with Crippen molar-refractivity contribution in [1.29, 1.82) is 0 Å². The molecule has 1 aromatic carbocycles. The fourth-order valence-corrected chi connectivity index (χ4v) is 3.10. The molecule has 0 aliphatic carbocycles. The van der Waals surface area contributed by atoms with E-state index in [1.54, 1.807) is 6.07 Å². The molecule has 0 aliphatic heterocycles. The third-order valence-corrected chi connectivity index (χ3v) is 4.61. The first-order valence-electron chi connectivity index (χ1n) is 9.88. The fraction of sp³-hybridized carbons (Fsp3) is 0.591. The van der Waals surface area contributed by atoms with Gasteiger partial charge in [0.25, 0.3) is 0 Å². The Balaban J connectivity index is 1.62. The summed E-state index contributed by atoms with van der Waals surface area (Å²) in [5.41, 5.74) is 0.680. The molecule has 138 valence electrons. The van der Waals surface area contributed by atoms with Crippen LogP contribution < -0.4 is 4.74 Å². The van der Waals surface area contributed by atoms with Crippen molar-refractivity contribution in [3.05, 3.63) is 30.0 Å². The number of benzene rings is 1. The Morgan fingerprint density at radius 1 is 0.960 bits per heavy atom. The molecule has 0 aliphatic rings. The minimum Gasteiger partial charge on any atom is -0.490 e. The minimum atomic E-state index is -0.0585. The highest BCUT2D eigenvalue weighted by Gasteiger charge is 2.11. The smallest absolute Gasteiger partial charge is 0.194 e. The highest BCUT2D eigenvalue weighted by molar-refractivity contribution is 5.97. The summed E-state index contributed by atoms with van der Waals surface area (Å²) in [6.07, 6.45) is 13.1. The number of unbranched alkanes of at least 4 members (excludes halogenated alkanes) is 9. The maximum absolute atomic E-state index is 11.5. The Hall–Kier alpha value is -1.77. The monoisotopic (exact) mass is 344 g/mol. The summed E-state index contributed by atoms with van der Waals surface area (Å²) in [7, 11) is 0. The maximum atomic E-state index is 11.5. The number of ether oxygens (including phenoxy) is 1. The van der Waals surface area contributed by atoms with Crippen LogP contribution in [0.15, 0.2) is 28.7 Å². The molecule has 25 heavy (non-hydrogen) atoms. The molecule has 1 heterocycles. The van der Waals surface area contributed by atoms with Gasteiger partial charge in [-0.25, -0.2) is 0 Å². The Labute approximate surface area is 151 Å². The van der Waals surface area contributed by atoms with Gasteiger partial charge in [0, 0.05) is 12.3 Å². The van der Waals surface area contributed by atoms with E-state index >= 15 is 0 Å². The third-order valence-electron chi connectivity index (χ3n) is 4.61. The fourth-order valence-electron chi connectivity index (χ4n) is 3.10. The van der Waals surface area contributed by atoms with E-state index in [2.05, 4.69) is 6.92 Å². The molecule has 0 unspecified atom stereocenters. The van der Waals surface area contributed by atoms with Gasteiger partial charge in [-0.05, 0) is 18.6 Å². The molecule has 0 radical (unpaired) electrons. The molecule has 0 saturated heterocycles. The normalized spacial score (nSPS) is 11.1. The first-order valence-corrected chi connectivity index (χ1v) is 9.88. The van der Waals surface area contributed by atoms with Crippen molar-refractivity contribution in [2.75, 3.05) is 6.61 Å². The minimum absolute atomic E-state index is 0.0585. The zero-order valence-corrected chi connectivity index (χ0v) is 15.8. The van der Waals surface area contributed by atoms with E-state index in [1.165, 1.54) is 64.7 Å². The number of rotatable bonds is 13. The predicted molar refractivity (Wildman–Crippen MR) is 104 cm³/mol. The Morgan fingerprint density at radius 3 is 2.24 bits per heavy atom. The summed E-state index contributed by atoms with van der Waals surface area (Å²) in [6.45, 7) is 4.48. The SMILES string of the molecule is CCCCCCCCCCCCOc1cccc2cc(C(C)=O)oc12. The maximum Gasteiger partial charge on any atom is 0.194 e. The first-order chi connectivity index (χ1) is 12.2. The van der Waals surface area contributed by atoms with E-state index in [4.69, 9.17) is 9.15 Å². The topological polar surface area (TPSA) is 39.4 Å². The van der Waals surface area contributed by atoms with Gasteiger partial charge in [-0.15, -0.1) is 0 Å². The van der Waals surface area contributed by atoms with E-state index in [1.807, 2.05) is 18.2 Å². The van der Waals surface area contributed by atoms with Crippen LogP contribution >= 0.6 is 0 Å². The summed E-state index contributed by atoms with van der Waals surface area (Å²) in [5, 5.41) is 0.922. The molecule has 2 aromatic rings. The molecule has 0 saturated carbocycles. The molecule has 0 spiro atoms. The zero-order chi connectivity index (χ0) is 17.9. The lowest BCUT2D eigenvalue weighted by molar-refractivity contribution is 0.0989. The summed E-state index contributed by atoms with van der Waals surface area (Å²) < 4.78 is 11.5. The molecule has 3 heteroatoms. The number of para-hydroxylation sites is 1. The van der Waals surface area contributed by atoms with Gasteiger partial charge in [0.15, 0.2) is 22.9 Å². The second-order valence-electron chi connectivity index (χ2n) is 6.87. The number of carbonyl (C=O) groups is 1. The molecule has 0 N–H and O–H groups in total. The van der Waals surface area contributed by atoms with Gasteiger partial charge < -0.3 is 9.15 Å². The number of Topliss-reactive ketones (excluding diaryl/α,β-unsaturated/α-hetero) is 1. The lowest BCUT2D eigenvalue weighted by atomic mass is 10.1. The van der Waals surface area contributed by atoms with Crippen molar-refractivity contribution in [2.24, 2.45) is 0 Å². The standard InChI is InChI=1S/C22H32O3/c1-3-4-5-6-7-8-9-10-11-12-16-24-20-15-13-14-19-17-21(18(2)23)25-22(19)20/h13-15,17H,3-12,16H2,1-2H3. The van der Waals surface area contributed by atoms with Crippen LogP contribution in [0.5, 0.6) is 5.75 Å². The van der Waals surface area contributed by atoms with Crippen LogP contribution in [0.2, 0.25) is 0 Å². The van der Waals surface area contributed by atoms with Gasteiger partial charge in [0.2, 0.25) is 0 Å². The summed E-state index contributed by atoms with van der Waals surface area (Å²) >= 11 is 0. The van der Waals surface area contributed by atoms with Gasteiger partial charge >= 0.3 is 0 Å². The van der Waals surface area contributed by atoms with Gasteiger partial charge in [0.05, 0.1) is 6.61 Å². The van der Waals surface area contributed by atoms with Gasteiger partial charge in [-0.1, -0.05) is 76.8 Å². The molecular formula is C22H32O3. The van der Waals surface area contributed by atoms with Crippen molar-refractivity contribution in [3.8, 4) is 5.75 Å². The zero-order valence-electron chi connectivity index (χ0n) is 15.8. The first kappa shape index (κ1) is 19.6. The van der Waals surface area contributed by atoms with Crippen molar-refractivity contribution in [3.63, 3.8) is 0 Å². The van der Waals surface area contributed by atoms with E-state index in [0.29, 0.717) is 18.0 Å². The Bertz CT molecular complexity index is 642. The number of carbonyl (C=O) groups excluding carboxylic acids is 1. The van der Waals surface area contributed by atoms with Crippen LogP contribution in [-0.4, -0.2) is 12.4 Å². The number of furan rings is 1. The molecule has 1 aromatic heterocycles. The van der Waals surface area contributed by atoms with Crippen molar-refractivity contribution in [1.82, 2.24) is 0 Å². The predicted octanol–water partition coefficient (Wildman–Crippen LogP) is 6.94. The van der Waals surface area contributed by atoms with Gasteiger partial charge in [-0.3, -0.25) is 4.79 Å². The van der Waals surface area contributed by atoms with Crippen molar-refractivity contribution in [2.45, 2.75) is 78.1 Å². The highest BCUT2D eigenvalue weighted by Crippen LogP contribution is 2.29. The van der Waals surface area contributed by atoms with Crippen LogP contribution in [-0.2, 0) is 0 Å². The van der Waals surface area contributed by atoms with Crippen molar-refractivity contribution >= 4 is 16.8 Å². The van der Waals surface area contributed by atoms with Crippen LogP contribution in [0, 0.1) is 0 Å². The Kier molecular flexibility index (Phi) is 8.58. The molecule has 0 atom stereocenters. The molecule has 2 rings (SSSR count). The quantitative estimate of drug-likeness (QED) is 0.292. The third kappa shape index (κ3) is 6.56. The second kappa shape index (κ2) is 11.0. The average Bonchev–Trinajstić information content (AvgIpc) is 3.05. The number of ketones is 1. The van der Waals surface area contributed by atoms with Crippen LogP contribution in [0.3, 0.4) is 0 Å². The molecule has 3 nitrogen and oxygen atoms in total. The lowest BCUT2D eigenvalue weighted by Gasteiger charge is -2.06. The van der Waals surface area contributed by atoms with Crippen molar-refractivity contribution < 1.29 is 13.9 Å². The molecular weight excluding hydrogens is 312 g/mol. The number of fused-ring (bicyclic) bond motifs is 1. The Morgan fingerprint density at radius 2 is 1.60 bits per heavy atom. The van der Waals surface area contributed by atoms with Crippen LogP contribution in [0.4, 0.5) is 0 Å².